The van der Waals surface area contributed by atoms with Crippen molar-refractivity contribution in [1.29, 1.82) is 0 Å². The predicted molar refractivity (Wildman–Crippen MR) is 360 cm³/mol. The van der Waals surface area contributed by atoms with Gasteiger partial charge in [-0.1, -0.05) is 293 Å². The molecule has 0 spiro atoms. The van der Waals surface area contributed by atoms with E-state index in [9.17, 15) is 45.6 Å². The second kappa shape index (κ2) is 58.5. The summed E-state index contributed by atoms with van der Waals surface area (Å²) in [6.45, 7) is 2.79. The Bertz CT molecular complexity index is 1710. The number of amides is 1. The lowest BCUT2D eigenvalue weighted by Gasteiger charge is -2.46. The number of hydrogen-bond acceptors (Lipinski definition) is 13. The lowest BCUT2D eigenvalue weighted by molar-refractivity contribution is -0.359. The highest BCUT2D eigenvalue weighted by atomic mass is 16.7. The van der Waals surface area contributed by atoms with Gasteiger partial charge in [0.25, 0.3) is 0 Å². The molecule has 2 saturated heterocycles. The molecule has 1 amide bonds. The van der Waals surface area contributed by atoms with Crippen LogP contribution in [-0.4, -0.2) is 140 Å². The monoisotopic (exact) mass is 1250 g/mol. The Kier molecular flexibility index (Phi) is 54.4. The number of nitrogens with one attached hydrogen (secondary N) is 1. The van der Waals surface area contributed by atoms with Crippen molar-refractivity contribution < 1.29 is 64.6 Å². The van der Waals surface area contributed by atoms with E-state index in [1.54, 1.807) is 6.08 Å². The van der Waals surface area contributed by atoms with Crippen LogP contribution in [0, 0.1) is 0 Å². The molecule has 0 aromatic carbocycles. The third-order valence-corrected chi connectivity index (χ3v) is 17.7. The maximum atomic E-state index is 13.3. The zero-order valence-corrected chi connectivity index (χ0v) is 56.0. The van der Waals surface area contributed by atoms with E-state index in [1.807, 2.05) is 6.08 Å². The second-order valence-electron chi connectivity index (χ2n) is 25.7. The van der Waals surface area contributed by atoms with Crippen LogP contribution in [-0.2, 0) is 23.7 Å². The number of carbonyl (C=O) groups excluding carboxylic acids is 1. The third kappa shape index (κ3) is 42.0. The summed E-state index contributed by atoms with van der Waals surface area (Å²) in [5.74, 6) is -0.245. The van der Waals surface area contributed by atoms with E-state index in [4.69, 9.17) is 18.9 Å². The fraction of sp³-hybridized carbons (Fsp3) is 0.851. The topological polar surface area (TPSA) is 228 Å². The van der Waals surface area contributed by atoms with Gasteiger partial charge in [-0.2, -0.15) is 0 Å². The molecule has 2 aliphatic rings. The fourth-order valence-electron chi connectivity index (χ4n) is 11.8. The second-order valence-corrected chi connectivity index (χ2v) is 25.7. The summed E-state index contributed by atoms with van der Waals surface area (Å²) in [4.78, 5) is 13.3. The molecule has 2 fully saturated rings. The van der Waals surface area contributed by atoms with Gasteiger partial charge in [0.1, 0.15) is 48.8 Å². The third-order valence-electron chi connectivity index (χ3n) is 17.7. The SMILES string of the molecule is CCCCCCC/C=C\C/C=C\C/C=C\CCCCCCCCCCCCCCCCCCCCCCCCCCC(=O)NC(COC1OC(CO)C(OC2OC(CO)C(O)C(O)C2O)C(O)C1O)C(O)/C=C/CC/C=C/CCCCCCCCCCC. The van der Waals surface area contributed by atoms with E-state index in [0.717, 1.165) is 44.9 Å². The smallest absolute Gasteiger partial charge is 0.220 e. The van der Waals surface area contributed by atoms with Gasteiger partial charge in [0.05, 0.1) is 32.0 Å². The molecule has 2 rings (SSSR count). The van der Waals surface area contributed by atoms with Gasteiger partial charge in [0.15, 0.2) is 12.6 Å². The first kappa shape index (κ1) is 81.8. The molecule has 514 valence electrons. The molecule has 14 heteroatoms. The number of unbranched alkanes of at least 4 members (excludes halogenated alkanes) is 39. The Morgan fingerprint density at radius 3 is 1.19 bits per heavy atom. The Hall–Kier alpha value is -2.31. The number of rotatable bonds is 60. The van der Waals surface area contributed by atoms with Crippen LogP contribution in [0.25, 0.3) is 0 Å². The Labute approximate surface area is 536 Å². The quantitative estimate of drug-likeness (QED) is 0.0204. The summed E-state index contributed by atoms with van der Waals surface area (Å²) in [6, 6.07) is -0.931. The fourth-order valence-corrected chi connectivity index (χ4v) is 11.8. The van der Waals surface area contributed by atoms with Gasteiger partial charge in [-0.25, -0.2) is 0 Å². The normalized spacial score (nSPS) is 23.5. The van der Waals surface area contributed by atoms with Gasteiger partial charge in [0, 0.05) is 6.42 Å². The molecule has 2 aliphatic heterocycles. The highest BCUT2D eigenvalue weighted by Gasteiger charge is 2.51. The lowest BCUT2D eigenvalue weighted by atomic mass is 9.97. The minimum Gasteiger partial charge on any atom is -0.394 e. The highest BCUT2D eigenvalue weighted by molar-refractivity contribution is 5.76. The van der Waals surface area contributed by atoms with Crippen molar-refractivity contribution >= 4 is 5.91 Å². The van der Waals surface area contributed by atoms with Crippen LogP contribution in [0.2, 0.25) is 0 Å². The van der Waals surface area contributed by atoms with Crippen LogP contribution in [0.1, 0.15) is 309 Å². The molecule has 12 unspecified atom stereocenters. The standard InChI is InChI=1S/C74H135NO13/c1-3-5-7-9-11-13-15-17-19-20-21-22-23-24-25-26-27-28-29-30-31-32-33-34-35-36-37-38-39-40-41-42-44-46-48-50-52-54-56-58-66(79)75-62(63(78)57-55-53-51-49-47-45-43-18-16-14-12-10-8-6-4-2)61-85-73-71(84)69(82)72(65(60-77)87-73)88-74-70(83)68(81)67(80)64(59-76)86-74/h15,17,20-21,23-24,47,49,55,57,62-65,67-74,76-78,80-84H,3-14,16,18-19,22,25-46,48,50-54,56,58-61H2,1-2H3,(H,75,79)/b17-15-,21-20-,24-23-,49-47+,57-55+. The molecule has 0 aliphatic carbocycles. The number of allylic oxidation sites excluding steroid dienone is 9. The van der Waals surface area contributed by atoms with Crippen LogP contribution in [0.5, 0.6) is 0 Å². The maximum Gasteiger partial charge on any atom is 0.220 e. The molecule has 88 heavy (non-hydrogen) atoms. The number of hydrogen-bond donors (Lipinski definition) is 9. The van der Waals surface area contributed by atoms with Crippen molar-refractivity contribution in [1.82, 2.24) is 5.32 Å². The zero-order valence-electron chi connectivity index (χ0n) is 56.0. The van der Waals surface area contributed by atoms with Crippen molar-refractivity contribution in [2.75, 3.05) is 19.8 Å². The first-order chi connectivity index (χ1) is 43.1. The highest BCUT2D eigenvalue weighted by Crippen LogP contribution is 2.30. The summed E-state index contributed by atoms with van der Waals surface area (Å²) in [5.41, 5.74) is 0. The number of aliphatic hydroxyl groups excluding tert-OH is 8. The van der Waals surface area contributed by atoms with Crippen molar-refractivity contribution in [3.05, 3.63) is 60.8 Å². The molecule has 0 radical (unpaired) electrons. The maximum absolute atomic E-state index is 13.3. The molecule has 0 aromatic rings. The van der Waals surface area contributed by atoms with Crippen LogP contribution < -0.4 is 5.32 Å². The predicted octanol–water partition coefficient (Wildman–Crippen LogP) is 15.2. The van der Waals surface area contributed by atoms with Crippen molar-refractivity contribution in [2.45, 2.75) is 383 Å². The Morgan fingerprint density at radius 2 is 0.761 bits per heavy atom. The molecule has 0 saturated carbocycles. The van der Waals surface area contributed by atoms with Gasteiger partial charge < -0.3 is 65.1 Å². The minimum absolute atomic E-state index is 0.245. The number of carbonyl (C=O) groups is 1. The van der Waals surface area contributed by atoms with Crippen molar-refractivity contribution in [3.63, 3.8) is 0 Å². The largest absolute Gasteiger partial charge is 0.394 e. The Balaban J connectivity index is 1.57. The molecule has 9 N–H and O–H groups in total. The van der Waals surface area contributed by atoms with E-state index in [1.165, 1.54) is 231 Å². The molecule has 0 aromatic heterocycles. The van der Waals surface area contributed by atoms with E-state index in [-0.39, 0.29) is 18.9 Å². The van der Waals surface area contributed by atoms with Gasteiger partial charge in [-0.3, -0.25) is 4.79 Å². The lowest BCUT2D eigenvalue weighted by Crippen LogP contribution is -2.65. The first-order valence-corrected chi connectivity index (χ1v) is 36.5. The zero-order chi connectivity index (χ0) is 63.8. The molecule has 0 bridgehead atoms. The molecular formula is C74H135NO13. The van der Waals surface area contributed by atoms with Crippen LogP contribution in [0.4, 0.5) is 0 Å². The molecule has 2 heterocycles. The van der Waals surface area contributed by atoms with Gasteiger partial charge in [-0.05, 0) is 70.6 Å². The summed E-state index contributed by atoms with van der Waals surface area (Å²) in [6.07, 6.45) is 61.7. The van der Waals surface area contributed by atoms with Crippen molar-refractivity contribution in [2.24, 2.45) is 0 Å². The van der Waals surface area contributed by atoms with E-state index in [2.05, 4.69) is 67.8 Å². The summed E-state index contributed by atoms with van der Waals surface area (Å²) in [5, 5.41) is 87.3. The summed E-state index contributed by atoms with van der Waals surface area (Å²) >= 11 is 0. The van der Waals surface area contributed by atoms with Crippen LogP contribution >= 0.6 is 0 Å². The molecule has 12 atom stereocenters. The average Bonchev–Trinajstić information content (AvgIpc) is 2.99. The van der Waals surface area contributed by atoms with Gasteiger partial charge >= 0.3 is 0 Å². The number of aliphatic hydroxyl groups is 8. The molecule has 14 nitrogen and oxygen atoms in total. The van der Waals surface area contributed by atoms with E-state index < -0.39 is 86.8 Å². The summed E-state index contributed by atoms with van der Waals surface area (Å²) < 4.78 is 22.8. The van der Waals surface area contributed by atoms with Crippen LogP contribution in [0.15, 0.2) is 60.8 Å². The van der Waals surface area contributed by atoms with Crippen LogP contribution in [0.3, 0.4) is 0 Å². The summed E-state index contributed by atoms with van der Waals surface area (Å²) in [7, 11) is 0. The minimum atomic E-state index is -1.79. The van der Waals surface area contributed by atoms with E-state index in [0.29, 0.717) is 12.8 Å². The molecular weight excluding hydrogens is 1110 g/mol. The van der Waals surface area contributed by atoms with Gasteiger partial charge in [-0.15, -0.1) is 0 Å². The average molecular weight is 1250 g/mol. The number of ether oxygens (including phenoxy) is 4. The Morgan fingerprint density at radius 1 is 0.409 bits per heavy atom. The van der Waals surface area contributed by atoms with E-state index >= 15 is 0 Å². The van der Waals surface area contributed by atoms with Crippen molar-refractivity contribution in [3.8, 4) is 0 Å². The van der Waals surface area contributed by atoms with Gasteiger partial charge in [0.2, 0.25) is 5.91 Å². The first-order valence-electron chi connectivity index (χ1n) is 36.5.